The fraction of sp³-hybridized carbons (Fsp3) is 0.250. The van der Waals surface area contributed by atoms with Gasteiger partial charge in [0.1, 0.15) is 10.8 Å². The summed E-state index contributed by atoms with van der Waals surface area (Å²) in [7, 11) is 0. The van der Waals surface area contributed by atoms with Gasteiger partial charge in [-0.3, -0.25) is 9.59 Å². The highest BCUT2D eigenvalue weighted by Gasteiger charge is 2.09. The van der Waals surface area contributed by atoms with Crippen LogP contribution in [-0.4, -0.2) is 27.8 Å². The van der Waals surface area contributed by atoms with Gasteiger partial charge in [0, 0.05) is 11.6 Å². The third kappa shape index (κ3) is 5.62. The third-order valence-corrected chi connectivity index (χ3v) is 3.81. The van der Waals surface area contributed by atoms with Gasteiger partial charge < -0.3 is 10.6 Å². The predicted octanol–water partition coefficient (Wildman–Crippen LogP) is 2.94. The average molecular weight is 348 g/mol. The maximum Gasteiger partial charge on any atom is 0.234 e. The van der Waals surface area contributed by atoms with Crippen LogP contribution >= 0.6 is 11.8 Å². The van der Waals surface area contributed by atoms with Gasteiger partial charge in [-0.2, -0.15) is 0 Å². The maximum absolute atomic E-state index is 12.8. The van der Waals surface area contributed by atoms with Crippen LogP contribution in [0.25, 0.3) is 0 Å². The topological polar surface area (TPSA) is 84.0 Å². The molecule has 0 fully saturated rings. The SMILES string of the molecule is CC(C)C(=O)Nc1ccc(SCC(=O)Nc2ccc(F)cc2)nn1. The first-order chi connectivity index (χ1) is 11.4. The fourth-order valence-corrected chi connectivity index (χ4v) is 2.22. The van der Waals surface area contributed by atoms with Crippen LogP contribution in [0.1, 0.15) is 13.8 Å². The smallest absolute Gasteiger partial charge is 0.234 e. The van der Waals surface area contributed by atoms with Gasteiger partial charge in [-0.05, 0) is 36.4 Å². The van der Waals surface area contributed by atoms with Gasteiger partial charge in [-0.1, -0.05) is 25.6 Å². The second-order valence-electron chi connectivity index (χ2n) is 5.24. The van der Waals surface area contributed by atoms with Gasteiger partial charge in [0.05, 0.1) is 5.75 Å². The molecule has 0 unspecified atom stereocenters. The van der Waals surface area contributed by atoms with E-state index in [-0.39, 0.29) is 29.3 Å². The van der Waals surface area contributed by atoms with Crippen LogP contribution in [0.5, 0.6) is 0 Å². The summed E-state index contributed by atoms with van der Waals surface area (Å²) in [6.45, 7) is 3.57. The fourth-order valence-electron chi connectivity index (χ4n) is 1.60. The van der Waals surface area contributed by atoms with Crippen LogP contribution in [0.15, 0.2) is 41.4 Å². The lowest BCUT2D eigenvalue weighted by Gasteiger charge is -2.07. The molecule has 0 bridgehead atoms. The van der Waals surface area contributed by atoms with E-state index in [0.717, 1.165) is 0 Å². The Morgan fingerprint density at radius 2 is 1.79 bits per heavy atom. The number of hydrogen-bond donors (Lipinski definition) is 2. The molecule has 0 aliphatic carbocycles. The normalized spacial score (nSPS) is 10.5. The number of halogens is 1. The van der Waals surface area contributed by atoms with Crippen LogP contribution in [0.4, 0.5) is 15.9 Å². The van der Waals surface area contributed by atoms with E-state index in [4.69, 9.17) is 0 Å². The van der Waals surface area contributed by atoms with Crippen molar-refractivity contribution in [3.05, 3.63) is 42.2 Å². The molecular weight excluding hydrogens is 331 g/mol. The summed E-state index contributed by atoms with van der Waals surface area (Å²) >= 11 is 1.21. The third-order valence-electron chi connectivity index (χ3n) is 2.89. The van der Waals surface area contributed by atoms with Crippen molar-refractivity contribution in [1.82, 2.24) is 10.2 Å². The highest BCUT2D eigenvalue weighted by molar-refractivity contribution is 7.99. The Hall–Kier alpha value is -2.48. The van der Waals surface area contributed by atoms with Crippen molar-refractivity contribution in [3.8, 4) is 0 Å². The van der Waals surface area contributed by atoms with Crippen molar-refractivity contribution >= 4 is 35.1 Å². The zero-order valence-electron chi connectivity index (χ0n) is 13.2. The predicted molar refractivity (Wildman–Crippen MR) is 91.3 cm³/mol. The van der Waals surface area contributed by atoms with Gasteiger partial charge in [0.2, 0.25) is 11.8 Å². The number of hydrogen-bond acceptors (Lipinski definition) is 5. The largest absolute Gasteiger partial charge is 0.325 e. The van der Waals surface area contributed by atoms with Gasteiger partial charge in [0.15, 0.2) is 5.82 Å². The standard InChI is InChI=1S/C16H17FN4O2S/c1-10(2)16(23)19-13-7-8-15(21-20-13)24-9-14(22)18-12-5-3-11(17)4-6-12/h3-8,10H,9H2,1-2H3,(H,18,22)(H,19,20,23). The van der Waals surface area contributed by atoms with E-state index >= 15 is 0 Å². The number of nitrogens with one attached hydrogen (secondary N) is 2. The van der Waals surface area contributed by atoms with Crippen LogP contribution in [0.3, 0.4) is 0 Å². The number of aromatic nitrogens is 2. The molecule has 24 heavy (non-hydrogen) atoms. The Morgan fingerprint density at radius 3 is 2.38 bits per heavy atom. The molecule has 1 aromatic carbocycles. The van der Waals surface area contributed by atoms with Gasteiger partial charge in [-0.25, -0.2) is 4.39 Å². The van der Waals surface area contributed by atoms with Crippen molar-refractivity contribution in [2.45, 2.75) is 18.9 Å². The molecule has 0 radical (unpaired) electrons. The number of anilines is 2. The van der Waals surface area contributed by atoms with Crippen molar-refractivity contribution in [1.29, 1.82) is 0 Å². The monoisotopic (exact) mass is 348 g/mol. The van der Waals surface area contributed by atoms with Crippen molar-refractivity contribution in [3.63, 3.8) is 0 Å². The summed E-state index contributed by atoms with van der Waals surface area (Å²) in [6.07, 6.45) is 0. The zero-order valence-corrected chi connectivity index (χ0v) is 14.1. The molecule has 1 heterocycles. The molecule has 1 aromatic heterocycles. The number of thioether (sulfide) groups is 1. The highest BCUT2D eigenvalue weighted by Crippen LogP contribution is 2.16. The minimum Gasteiger partial charge on any atom is -0.325 e. The van der Waals surface area contributed by atoms with E-state index in [1.165, 1.54) is 36.0 Å². The molecule has 6 nitrogen and oxygen atoms in total. The summed E-state index contributed by atoms with van der Waals surface area (Å²) < 4.78 is 12.8. The lowest BCUT2D eigenvalue weighted by atomic mass is 10.2. The Morgan fingerprint density at radius 1 is 1.08 bits per heavy atom. The number of nitrogens with zero attached hydrogens (tertiary/aromatic N) is 2. The number of carbonyl (C=O) groups is 2. The molecular formula is C16H17FN4O2S. The summed E-state index contributed by atoms with van der Waals surface area (Å²) in [4.78, 5) is 23.4. The van der Waals surface area contributed by atoms with E-state index in [0.29, 0.717) is 16.5 Å². The van der Waals surface area contributed by atoms with Crippen LogP contribution in [0, 0.1) is 11.7 Å². The minimum absolute atomic E-state index is 0.136. The minimum atomic E-state index is -0.359. The first-order valence-corrected chi connectivity index (χ1v) is 8.25. The summed E-state index contributed by atoms with van der Waals surface area (Å²) in [5.74, 6) is -0.356. The van der Waals surface area contributed by atoms with Crippen molar-refractivity contribution in [2.24, 2.45) is 5.92 Å². The van der Waals surface area contributed by atoms with E-state index in [1.54, 1.807) is 26.0 Å². The van der Waals surface area contributed by atoms with Gasteiger partial charge in [-0.15, -0.1) is 10.2 Å². The van der Waals surface area contributed by atoms with Crippen molar-refractivity contribution in [2.75, 3.05) is 16.4 Å². The van der Waals surface area contributed by atoms with E-state index in [2.05, 4.69) is 20.8 Å². The molecule has 2 N–H and O–H groups in total. The lowest BCUT2D eigenvalue weighted by Crippen LogP contribution is -2.18. The molecule has 0 aliphatic heterocycles. The van der Waals surface area contributed by atoms with E-state index in [9.17, 15) is 14.0 Å². The number of rotatable bonds is 6. The Kier molecular flexibility index (Phi) is 6.25. The molecule has 2 rings (SSSR count). The van der Waals surface area contributed by atoms with Crippen LogP contribution in [-0.2, 0) is 9.59 Å². The van der Waals surface area contributed by atoms with Crippen molar-refractivity contribution < 1.29 is 14.0 Å². The Balaban J connectivity index is 1.82. The number of benzene rings is 1. The molecule has 0 spiro atoms. The molecule has 0 atom stereocenters. The lowest BCUT2D eigenvalue weighted by molar-refractivity contribution is -0.119. The van der Waals surface area contributed by atoms with E-state index < -0.39 is 0 Å². The molecule has 2 aromatic rings. The summed E-state index contributed by atoms with van der Waals surface area (Å²) in [6, 6.07) is 8.84. The first-order valence-electron chi connectivity index (χ1n) is 7.27. The molecule has 126 valence electrons. The molecule has 8 heteroatoms. The second-order valence-corrected chi connectivity index (χ2v) is 6.24. The van der Waals surface area contributed by atoms with E-state index in [1.807, 2.05) is 0 Å². The Bertz CT molecular complexity index is 705. The summed E-state index contributed by atoms with van der Waals surface area (Å²) in [5, 5.41) is 13.7. The first kappa shape index (κ1) is 17.9. The molecule has 0 saturated carbocycles. The molecule has 0 aliphatic rings. The number of amides is 2. The van der Waals surface area contributed by atoms with Crippen LogP contribution < -0.4 is 10.6 Å². The summed E-state index contributed by atoms with van der Waals surface area (Å²) in [5.41, 5.74) is 0.528. The maximum atomic E-state index is 12.8. The Labute approximate surface area is 143 Å². The van der Waals surface area contributed by atoms with Gasteiger partial charge >= 0.3 is 0 Å². The van der Waals surface area contributed by atoms with Crippen LogP contribution in [0.2, 0.25) is 0 Å². The second kappa shape index (κ2) is 8.39. The average Bonchev–Trinajstić information content (AvgIpc) is 2.56. The highest BCUT2D eigenvalue weighted by atomic mass is 32.2. The van der Waals surface area contributed by atoms with Gasteiger partial charge in [0.25, 0.3) is 0 Å². The molecule has 2 amide bonds. The zero-order chi connectivity index (χ0) is 17.5. The quantitative estimate of drug-likeness (QED) is 0.784. The number of carbonyl (C=O) groups excluding carboxylic acids is 2. The molecule has 0 saturated heterocycles.